The van der Waals surface area contributed by atoms with E-state index in [0.717, 1.165) is 36.2 Å². The van der Waals surface area contributed by atoms with E-state index in [9.17, 15) is 13.2 Å². The second kappa shape index (κ2) is 5.13. The van der Waals surface area contributed by atoms with Crippen LogP contribution in [0, 0.1) is 0 Å². The SMILES string of the molecule is CC1(C)Cc2ccc(-c3ccc(C(F)(F)F)cc3)cc2CN1. The maximum absolute atomic E-state index is 12.6. The third-order valence-corrected chi connectivity index (χ3v) is 4.14. The van der Waals surface area contributed by atoms with Crippen molar-refractivity contribution >= 4 is 0 Å². The number of hydrogen-bond acceptors (Lipinski definition) is 1. The molecule has 4 heteroatoms. The summed E-state index contributed by atoms with van der Waals surface area (Å²) in [5.41, 5.74) is 3.76. The van der Waals surface area contributed by atoms with E-state index in [1.807, 2.05) is 6.07 Å². The van der Waals surface area contributed by atoms with E-state index in [0.29, 0.717) is 0 Å². The third-order valence-electron chi connectivity index (χ3n) is 4.14. The molecule has 2 aromatic rings. The second-order valence-corrected chi connectivity index (χ2v) is 6.47. The van der Waals surface area contributed by atoms with Gasteiger partial charge >= 0.3 is 6.18 Å². The molecule has 1 heterocycles. The van der Waals surface area contributed by atoms with Crippen LogP contribution in [0.5, 0.6) is 0 Å². The van der Waals surface area contributed by atoms with E-state index in [1.165, 1.54) is 23.3 Å². The molecule has 2 aromatic carbocycles. The highest BCUT2D eigenvalue weighted by Gasteiger charge is 2.30. The zero-order valence-corrected chi connectivity index (χ0v) is 12.6. The van der Waals surface area contributed by atoms with Gasteiger partial charge in [0.1, 0.15) is 0 Å². The number of benzene rings is 2. The van der Waals surface area contributed by atoms with Crippen LogP contribution < -0.4 is 5.32 Å². The first-order valence-electron chi connectivity index (χ1n) is 7.29. The molecule has 0 spiro atoms. The first-order valence-corrected chi connectivity index (χ1v) is 7.29. The Morgan fingerprint density at radius 3 is 2.18 bits per heavy atom. The molecule has 116 valence electrons. The largest absolute Gasteiger partial charge is 0.416 e. The normalized spacial score (nSPS) is 17.1. The van der Waals surface area contributed by atoms with Gasteiger partial charge in [-0.2, -0.15) is 13.2 Å². The predicted molar refractivity (Wildman–Crippen MR) is 81.5 cm³/mol. The Balaban J connectivity index is 1.90. The minimum absolute atomic E-state index is 0.0862. The van der Waals surface area contributed by atoms with Gasteiger partial charge in [-0.05, 0) is 60.7 Å². The van der Waals surface area contributed by atoms with Gasteiger partial charge in [0.2, 0.25) is 0 Å². The number of alkyl halides is 3. The minimum Gasteiger partial charge on any atom is -0.307 e. The average molecular weight is 305 g/mol. The highest BCUT2D eigenvalue weighted by atomic mass is 19.4. The molecule has 1 nitrogen and oxygen atoms in total. The number of hydrogen-bond donors (Lipinski definition) is 1. The quantitative estimate of drug-likeness (QED) is 0.798. The summed E-state index contributed by atoms with van der Waals surface area (Å²) >= 11 is 0. The maximum Gasteiger partial charge on any atom is 0.416 e. The van der Waals surface area contributed by atoms with Crippen LogP contribution in [-0.4, -0.2) is 5.54 Å². The molecule has 3 rings (SSSR count). The van der Waals surface area contributed by atoms with Crippen LogP contribution in [0.4, 0.5) is 13.2 Å². The van der Waals surface area contributed by atoms with Crippen LogP contribution in [0.2, 0.25) is 0 Å². The molecule has 0 radical (unpaired) electrons. The van der Waals surface area contributed by atoms with Gasteiger partial charge in [-0.25, -0.2) is 0 Å². The summed E-state index contributed by atoms with van der Waals surface area (Å²) in [5.74, 6) is 0. The number of nitrogens with one attached hydrogen (secondary N) is 1. The highest BCUT2D eigenvalue weighted by Crippen LogP contribution is 2.32. The Kier molecular flexibility index (Phi) is 3.52. The van der Waals surface area contributed by atoms with Gasteiger partial charge < -0.3 is 5.32 Å². The summed E-state index contributed by atoms with van der Waals surface area (Å²) in [6.45, 7) is 5.12. The topological polar surface area (TPSA) is 12.0 Å². The van der Waals surface area contributed by atoms with Crippen molar-refractivity contribution in [2.75, 3.05) is 0 Å². The van der Waals surface area contributed by atoms with Crippen molar-refractivity contribution in [3.63, 3.8) is 0 Å². The Hall–Kier alpha value is -1.81. The number of fused-ring (bicyclic) bond motifs is 1. The van der Waals surface area contributed by atoms with Crippen LogP contribution in [0.1, 0.15) is 30.5 Å². The first kappa shape index (κ1) is 15.1. The lowest BCUT2D eigenvalue weighted by atomic mass is 9.86. The van der Waals surface area contributed by atoms with Crippen molar-refractivity contribution in [3.05, 3.63) is 59.2 Å². The van der Waals surface area contributed by atoms with Gasteiger partial charge in [-0.1, -0.05) is 24.3 Å². The van der Waals surface area contributed by atoms with E-state index in [1.54, 1.807) is 0 Å². The molecule has 0 unspecified atom stereocenters. The van der Waals surface area contributed by atoms with E-state index >= 15 is 0 Å². The molecule has 0 bridgehead atoms. The van der Waals surface area contributed by atoms with Crippen molar-refractivity contribution in [2.24, 2.45) is 0 Å². The molecule has 1 N–H and O–H groups in total. The molecule has 0 amide bonds. The smallest absolute Gasteiger partial charge is 0.307 e. The second-order valence-electron chi connectivity index (χ2n) is 6.47. The summed E-state index contributed by atoms with van der Waals surface area (Å²) in [6, 6.07) is 11.5. The van der Waals surface area contributed by atoms with Gasteiger partial charge in [-0.15, -0.1) is 0 Å². The molecule has 0 aliphatic carbocycles. The predicted octanol–water partition coefficient (Wildman–Crippen LogP) is 4.80. The van der Waals surface area contributed by atoms with E-state index in [2.05, 4.69) is 31.3 Å². The van der Waals surface area contributed by atoms with Gasteiger partial charge in [0.25, 0.3) is 0 Å². The monoisotopic (exact) mass is 305 g/mol. The molecule has 0 aromatic heterocycles. The summed E-state index contributed by atoms with van der Waals surface area (Å²) < 4.78 is 37.8. The van der Waals surface area contributed by atoms with Crippen molar-refractivity contribution in [3.8, 4) is 11.1 Å². The Labute approximate surface area is 128 Å². The van der Waals surface area contributed by atoms with Gasteiger partial charge in [-0.3, -0.25) is 0 Å². The molecule has 1 aliphatic rings. The fourth-order valence-electron chi connectivity index (χ4n) is 2.87. The molecule has 0 saturated heterocycles. The Morgan fingerprint density at radius 2 is 1.55 bits per heavy atom. The minimum atomic E-state index is -4.29. The Bertz CT molecular complexity index is 684. The van der Waals surface area contributed by atoms with E-state index < -0.39 is 11.7 Å². The molecule has 0 atom stereocenters. The van der Waals surface area contributed by atoms with Crippen molar-refractivity contribution in [2.45, 2.75) is 38.5 Å². The lowest BCUT2D eigenvalue weighted by Gasteiger charge is -2.33. The van der Waals surface area contributed by atoms with Crippen LogP contribution >= 0.6 is 0 Å². The zero-order valence-electron chi connectivity index (χ0n) is 12.6. The van der Waals surface area contributed by atoms with Gasteiger partial charge in [0.05, 0.1) is 5.56 Å². The van der Waals surface area contributed by atoms with Gasteiger partial charge in [0, 0.05) is 12.1 Å². The summed E-state index contributed by atoms with van der Waals surface area (Å²) in [6.07, 6.45) is -3.33. The van der Waals surface area contributed by atoms with E-state index in [4.69, 9.17) is 0 Å². The van der Waals surface area contributed by atoms with Gasteiger partial charge in [0.15, 0.2) is 0 Å². The molecular formula is C18H18F3N. The van der Waals surface area contributed by atoms with Crippen molar-refractivity contribution in [1.29, 1.82) is 0 Å². The third kappa shape index (κ3) is 3.02. The standard InChI is InChI=1S/C18H18F3N/c1-17(2)10-14-4-3-13(9-15(14)11-22-17)12-5-7-16(8-6-12)18(19,20)21/h3-9,22H,10-11H2,1-2H3. The van der Waals surface area contributed by atoms with E-state index in [-0.39, 0.29) is 5.54 Å². The molecule has 1 aliphatic heterocycles. The van der Waals surface area contributed by atoms with Crippen molar-refractivity contribution < 1.29 is 13.2 Å². The number of halogens is 3. The average Bonchev–Trinajstić information content (AvgIpc) is 2.45. The van der Waals surface area contributed by atoms with Crippen LogP contribution in [0.25, 0.3) is 11.1 Å². The summed E-state index contributed by atoms with van der Waals surface area (Å²) in [4.78, 5) is 0. The van der Waals surface area contributed by atoms with Crippen LogP contribution in [0.15, 0.2) is 42.5 Å². The molecule has 22 heavy (non-hydrogen) atoms. The molecule has 0 fully saturated rings. The first-order chi connectivity index (χ1) is 10.2. The zero-order chi connectivity index (χ0) is 16.0. The molecular weight excluding hydrogens is 287 g/mol. The summed E-state index contributed by atoms with van der Waals surface area (Å²) in [5, 5.41) is 3.47. The highest BCUT2D eigenvalue weighted by molar-refractivity contribution is 5.65. The molecule has 0 saturated carbocycles. The lowest BCUT2D eigenvalue weighted by Crippen LogP contribution is -2.44. The Morgan fingerprint density at radius 1 is 0.909 bits per heavy atom. The lowest BCUT2D eigenvalue weighted by molar-refractivity contribution is -0.137. The number of rotatable bonds is 1. The summed E-state index contributed by atoms with van der Waals surface area (Å²) in [7, 11) is 0. The maximum atomic E-state index is 12.6. The van der Waals surface area contributed by atoms with Crippen LogP contribution in [-0.2, 0) is 19.1 Å². The fraction of sp³-hybridized carbons (Fsp3) is 0.333. The fourth-order valence-corrected chi connectivity index (χ4v) is 2.87. The van der Waals surface area contributed by atoms with Crippen LogP contribution in [0.3, 0.4) is 0 Å². The van der Waals surface area contributed by atoms with Crippen molar-refractivity contribution in [1.82, 2.24) is 5.32 Å².